The molecule has 0 aliphatic heterocycles. The first-order valence-corrected chi connectivity index (χ1v) is 8.40. The van der Waals surface area contributed by atoms with Crippen molar-refractivity contribution in [2.45, 2.75) is 26.2 Å². The fraction of sp³-hybridized carbons (Fsp3) is 0.238. The van der Waals surface area contributed by atoms with Crippen LogP contribution in [0.2, 0.25) is 0 Å². The summed E-state index contributed by atoms with van der Waals surface area (Å²) in [4.78, 5) is 12.6. The first-order chi connectivity index (χ1) is 12.4. The molecule has 0 saturated heterocycles. The maximum Gasteiger partial charge on any atom is 0.344 e. The molecule has 0 N–H and O–H groups in total. The topological polar surface area (TPSA) is 53.4 Å². The van der Waals surface area contributed by atoms with Gasteiger partial charge in [-0.2, -0.15) is 5.10 Å². The minimum Gasteiger partial charge on any atom is -0.497 e. The van der Waals surface area contributed by atoms with Crippen LogP contribution in [-0.4, -0.2) is 22.9 Å². The van der Waals surface area contributed by atoms with Crippen molar-refractivity contribution in [3.05, 3.63) is 71.9 Å². The quantitative estimate of drug-likeness (QED) is 0.655. The van der Waals surface area contributed by atoms with Crippen LogP contribution in [0.25, 0.3) is 5.69 Å². The summed E-state index contributed by atoms with van der Waals surface area (Å²) in [6.45, 7) is 6.21. The van der Waals surface area contributed by atoms with Crippen LogP contribution in [0, 0.1) is 0 Å². The van der Waals surface area contributed by atoms with Gasteiger partial charge in [0.25, 0.3) is 0 Å². The lowest BCUT2D eigenvalue weighted by Gasteiger charge is -2.13. The number of ether oxygens (including phenoxy) is 2. The molecule has 0 spiro atoms. The molecule has 5 heteroatoms. The highest BCUT2D eigenvalue weighted by molar-refractivity contribution is 5.91. The summed E-state index contributed by atoms with van der Waals surface area (Å²) >= 11 is 0. The molecule has 0 atom stereocenters. The molecule has 0 bridgehead atoms. The van der Waals surface area contributed by atoms with E-state index in [1.807, 2.05) is 36.4 Å². The van der Waals surface area contributed by atoms with Crippen molar-refractivity contribution in [2.24, 2.45) is 0 Å². The van der Waals surface area contributed by atoms with E-state index in [0.717, 1.165) is 11.4 Å². The van der Waals surface area contributed by atoms with Crippen molar-refractivity contribution < 1.29 is 14.3 Å². The van der Waals surface area contributed by atoms with Gasteiger partial charge in [0.1, 0.15) is 5.75 Å². The minimum absolute atomic E-state index is 0.165. The lowest BCUT2D eigenvalue weighted by molar-refractivity contribution is 0.0723. The van der Waals surface area contributed by atoms with E-state index in [2.05, 4.69) is 25.9 Å². The fourth-order valence-electron chi connectivity index (χ4n) is 2.44. The van der Waals surface area contributed by atoms with E-state index in [0.29, 0.717) is 17.2 Å². The molecule has 0 unspecified atom stereocenters. The molecule has 1 aromatic heterocycles. The average molecular weight is 350 g/mol. The highest BCUT2D eigenvalue weighted by atomic mass is 16.5. The zero-order chi connectivity index (χ0) is 18.7. The van der Waals surface area contributed by atoms with Crippen LogP contribution in [-0.2, 0) is 5.41 Å². The number of carbonyl (C=O) groups is 1. The maximum atomic E-state index is 12.6. The number of benzene rings is 2. The molecular weight excluding hydrogens is 328 g/mol. The molecule has 2 aromatic carbocycles. The average Bonchev–Trinajstić information content (AvgIpc) is 3.06. The van der Waals surface area contributed by atoms with Crippen molar-refractivity contribution in [1.29, 1.82) is 0 Å². The van der Waals surface area contributed by atoms with Gasteiger partial charge in [0.15, 0.2) is 0 Å². The Morgan fingerprint density at radius 1 is 1.00 bits per heavy atom. The molecule has 0 aliphatic rings. The smallest absolute Gasteiger partial charge is 0.344 e. The highest BCUT2D eigenvalue weighted by Gasteiger charge is 2.23. The Kier molecular flexibility index (Phi) is 4.80. The minimum atomic E-state index is -0.440. The zero-order valence-corrected chi connectivity index (χ0v) is 15.4. The number of rotatable bonds is 4. The van der Waals surface area contributed by atoms with Gasteiger partial charge in [0, 0.05) is 11.5 Å². The molecule has 5 nitrogen and oxygen atoms in total. The van der Waals surface area contributed by atoms with Crippen LogP contribution in [0.1, 0.15) is 36.8 Å². The first kappa shape index (κ1) is 17.7. The number of carbonyl (C=O) groups excluding carboxylic acids is 1. The molecule has 26 heavy (non-hydrogen) atoms. The van der Waals surface area contributed by atoms with E-state index in [-0.39, 0.29) is 5.41 Å². The molecule has 3 rings (SSSR count). The van der Waals surface area contributed by atoms with Crippen molar-refractivity contribution in [2.75, 3.05) is 7.11 Å². The lowest BCUT2D eigenvalue weighted by Crippen LogP contribution is -2.13. The predicted molar refractivity (Wildman–Crippen MR) is 100 cm³/mol. The molecule has 0 aliphatic carbocycles. The van der Waals surface area contributed by atoms with Crippen LogP contribution >= 0.6 is 0 Å². The SMILES string of the molecule is COc1ccc(C(=O)Oc2cc(C(C)(C)C)nn2-c2ccccc2)cc1. The van der Waals surface area contributed by atoms with Crippen molar-refractivity contribution in [1.82, 2.24) is 9.78 Å². The predicted octanol–water partition coefficient (Wildman–Crippen LogP) is 4.40. The molecule has 1 heterocycles. The van der Waals surface area contributed by atoms with Crippen LogP contribution in [0.3, 0.4) is 0 Å². The third-order valence-electron chi connectivity index (χ3n) is 3.97. The molecular formula is C21H22N2O3. The molecule has 3 aromatic rings. The summed E-state index contributed by atoms with van der Waals surface area (Å²) < 4.78 is 12.4. The Morgan fingerprint density at radius 3 is 2.23 bits per heavy atom. The van der Waals surface area contributed by atoms with E-state index in [1.165, 1.54) is 0 Å². The molecule has 0 saturated carbocycles. The van der Waals surface area contributed by atoms with Gasteiger partial charge in [0.05, 0.1) is 24.1 Å². The fourth-order valence-corrected chi connectivity index (χ4v) is 2.44. The molecule has 0 amide bonds. The number of hydrogen-bond acceptors (Lipinski definition) is 4. The second kappa shape index (κ2) is 7.04. The van der Waals surface area contributed by atoms with E-state index in [4.69, 9.17) is 9.47 Å². The summed E-state index contributed by atoms with van der Waals surface area (Å²) in [7, 11) is 1.58. The van der Waals surface area contributed by atoms with Gasteiger partial charge >= 0.3 is 5.97 Å². The van der Waals surface area contributed by atoms with E-state index < -0.39 is 5.97 Å². The van der Waals surface area contributed by atoms with Crippen molar-refractivity contribution >= 4 is 5.97 Å². The van der Waals surface area contributed by atoms with Crippen molar-refractivity contribution in [3.8, 4) is 17.3 Å². The number of methoxy groups -OCH3 is 1. The van der Waals surface area contributed by atoms with Gasteiger partial charge in [-0.3, -0.25) is 0 Å². The number of nitrogens with zero attached hydrogens (tertiary/aromatic N) is 2. The summed E-state index contributed by atoms with van der Waals surface area (Å²) in [6, 6.07) is 18.2. The van der Waals surface area contributed by atoms with Gasteiger partial charge in [0.2, 0.25) is 5.88 Å². The van der Waals surface area contributed by atoms with E-state index >= 15 is 0 Å². The number of hydrogen-bond donors (Lipinski definition) is 0. The lowest BCUT2D eigenvalue weighted by atomic mass is 9.93. The largest absolute Gasteiger partial charge is 0.497 e. The molecule has 0 fully saturated rings. The Bertz CT molecular complexity index is 891. The van der Waals surface area contributed by atoms with Crippen LogP contribution in [0.15, 0.2) is 60.7 Å². The Labute approximate surface area is 153 Å². The van der Waals surface area contributed by atoms with Gasteiger partial charge in [-0.1, -0.05) is 39.0 Å². The first-order valence-electron chi connectivity index (χ1n) is 8.40. The summed E-state index contributed by atoms with van der Waals surface area (Å²) in [6.07, 6.45) is 0. The summed E-state index contributed by atoms with van der Waals surface area (Å²) in [5.41, 5.74) is 1.96. The van der Waals surface area contributed by atoms with E-state index in [1.54, 1.807) is 36.1 Å². The monoisotopic (exact) mass is 350 g/mol. The van der Waals surface area contributed by atoms with Crippen LogP contribution < -0.4 is 9.47 Å². The summed E-state index contributed by atoms with van der Waals surface area (Å²) in [5, 5.41) is 4.65. The third kappa shape index (κ3) is 3.77. The van der Waals surface area contributed by atoms with Gasteiger partial charge in [-0.15, -0.1) is 0 Å². The second-order valence-electron chi connectivity index (χ2n) is 6.98. The van der Waals surface area contributed by atoms with Gasteiger partial charge in [-0.25, -0.2) is 9.48 Å². The Morgan fingerprint density at radius 2 is 1.65 bits per heavy atom. The van der Waals surface area contributed by atoms with Gasteiger partial charge in [-0.05, 0) is 36.4 Å². The number of esters is 1. The van der Waals surface area contributed by atoms with E-state index in [9.17, 15) is 4.79 Å². The molecule has 0 radical (unpaired) electrons. The van der Waals surface area contributed by atoms with Crippen molar-refractivity contribution in [3.63, 3.8) is 0 Å². The number of para-hydroxylation sites is 1. The van der Waals surface area contributed by atoms with Crippen LogP contribution in [0.5, 0.6) is 11.6 Å². The Hall–Kier alpha value is -3.08. The maximum absolute atomic E-state index is 12.6. The second-order valence-corrected chi connectivity index (χ2v) is 6.98. The summed E-state index contributed by atoms with van der Waals surface area (Å²) in [5.74, 6) is 0.637. The highest BCUT2D eigenvalue weighted by Crippen LogP contribution is 2.28. The number of aromatic nitrogens is 2. The standard InChI is InChI=1S/C21H22N2O3/c1-21(2,3)18-14-19(23(22-18)16-8-6-5-7-9-16)26-20(24)15-10-12-17(25-4)13-11-15/h5-14H,1-4H3. The molecule has 134 valence electrons. The zero-order valence-electron chi connectivity index (χ0n) is 15.4. The van der Waals surface area contributed by atoms with Gasteiger partial charge < -0.3 is 9.47 Å². The normalized spacial score (nSPS) is 11.2. The Balaban J connectivity index is 1.95. The van der Waals surface area contributed by atoms with Crippen LogP contribution in [0.4, 0.5) is 0 Å². The third-order valence-corrected chi connectivity index (χ3v) is 3.97.